The zero-order valence-corrected chi connectivity index (χ0v) is 28.2. The second-order valence-corrected chi connectivity index (χ2v) is 11.1. The van der Waals surface area contributed by atoms with E-state index in [1.54, 1.807) is 55.6 Å². The summed E-state index contributed by atoms with van der Waals surface area (Å²) in [4.78, 5) is 30.1. The van der Waals surface area contributed by atoms with Gasteiger partial charge in [-0.2, -0.15) is 5.10 Å². The van der Waals surface area contributed by atoms with E-state index in [9.17, 15) is 9.59 Å². The summed E-state index contributed by atoms with van der Waals surface area (Å²) in [6, 6.07) is 18.6. The third-order valence-electron chi connectivity index (χ3n) is 7.13. The lowest BCUT2D eigenvalue weighted by atomic mass is 10.0. The van der Waals surface area contributed by atoms with Crippen LogP contribution in [0.4, 0.5) is 0 Å². The average Bonchev–Trinajstić information content (AvgIpc) is 3.49. The van der Waals surface area contributed by atoms with Crippen LogP contribution in [-0.2, 0) is 0 Å². The number of amides is 1. The van der Waals surface area contributed by atoms with Crippen molar-refractivity contribution < 1.29 is 38.0 Å². The number of hydrogen-bond donors (Lipinski definition) is 2. The van der Waals surface area contributed by atoms with Crippen molar-refractivity contribution in [1.29, 1.82) is 0 Å². The van der Waals surface area contributed by atoms with Gasteiger partial charge in [0.25, 0.3) is 5.91 Å². The van der Waals surface area contributed by atoms with Crippen LogP contribution >= 0.6 is 27.5 Å². The van der Waals surface area contributed by atoms with Crippen molar-refractivity contribution in [3.8, 4) is 45.6 Å². The van der Waals surface area contributed by atoms with Crippen molar-refractivity contribution in [1.82, 2.24) is 10.4 Å². The molecule has 0 aliphatic carbocycles. The van der Waals surface area contributed by atoms with Gasteiger partial charge in [0, 0.05) is 26.2 Å². The molecule has 4 aromatic carbocycles. The number of aromatic nitrogens is 1. The number of hydrogen-bond acceptors (Lipinski definition) is 9. The van der Waals surface area contributed by atoms with E-state index in [4.69, 9.17) is 40.0 Å². The van der Waals surface area contributed by atoms with Crippen LogP contribution in [0.1, 0.15) is 26.4 Å². The summed E-state index contributed by atoms with van der Waals surface area (Å²) in [6.07, 6.45) is 1.36. The van der Waals surface area contributed by atoms with Gasteiger partial charge in [-0.25, -0.2) is 10.2 Å². The number of fused-ring (bicyclic) bond motifs is 1. The highest BCUT2D eigenvalue weighted by molar-refractivity contribution is 9.10. The Morgan fingerprint density at radius 2 is 1.45 bits per heavy atom. The standard InChI is InChI=1S/C34H29BrClN3O8/c1-42-24-12-13-25(43-2)30-29(24)28(21-8-6-7-9-22(21)36)31(38-30)33(40)39-37-17-19-14-20(35)10-11-23(19)47-34(41)18-15-26(44-3)32(46-5)27(16-18)45-4/h6-17,38H,1-5H3,(H,39,40). The smallest absolute Gasteiger partial charge is 0.343 e. The molecule has 0 bridgehead atoms. The Labute approximate surface area is 283 Å². The molecule has 0 saturated heterocycles. The maximum absolute atomic E-state index is 13.7. The van der Waals surface area contributed by atoms with Crippen molar-refractivity contribution in [2.45, 2.75) is 0 Å². The van der Waals surface area contributed by atoms with Crippen LogP contribution in [0.5, 0.6) is 34.5 Å². The number of nitrogens with one attached hydrogen (secondary N) is 2. The monoisotopic (exact) mass is 721 g/mol. The van der Waals surface area contributed by atoms with Crippen molar-refractivity contribution in [3.63, 3.8) is 0 Å². The number of aromatic amines is 1. The first-order chi connectivity index (χ1) is 22.7. The first-order valence-corrected chi connectivity index (χ1v) is 15.1. The number of carbonyl (C=O) groups excluding carboxylic acids is 2. The van der Waals surface area contributed by atoms with Gasteiger partial charge in [-0.05, 0) is 48.5 Å². The van der Waals surface area contributed by atoms with Gasteiger partial charge in [0.15, 0.2) is 11.5 Å². The van der Waals surface area contributed by atoms with Crippen molar-refractivity contribution >= 4 is 56.5 Å². The number of rotatable bonds is 11. The summed E-state index contributed by atoms with van der Waals surface area (Å²) in [7, 11) is 7.44. The van der Waals surface area contributed by atoms with E-state index < -0.39 is 11.9 Å². The molecule has 0 radical (unpaired) electrons. The minimum atomic E-state index is -0.685. The van der Waals surface area contributed by atoms with E-state index in [-0.39, 0.29) is 17.0 Å². The fraction of sp³-hybridized carbons (Fsp3) is 0.147. The highest BCUT2D eigenvalue weighted by Crippen LogP contribution is 2.44. The Morgan fingerprint density at radius 3 is 2.09 bits per heavy atom. The number of nitrogens with zero attached hydrogens (tertiary/aromatic N) is 1. The fourth-order valence-corrected chi connectivity index (χ4v) is 5.59. The first kappa shape index (κ1) is 33.2. The Hall–Kier alpha value is -5.20. The molecule has 1 aromatic heterocycles. The lowest BCUT2D eigenvalue weighted by Gasteiger charge is -2.14. The number of halogens is 2. The second-order valence-electron chi connectivity index (χ2n) is 9.76. The lowest BCUT2D eigenvalue weighted by molar-refractivity contribution is 0.0733. The molecule has 0 spiro atoms. The summed E-state index contributed by atoms with van der Waals surface area (Å²) < 4.78 is 33.7. The quantitative estimate of drug-likeness (QED) is 0.0630. The number of ether oxygens (including phenoxy) is 6. The summed E-state index contributed by atoms with van der Waals surface area (Å²) in [6.45, 7) is 0. The maximum atomic E-state index is 13.7. The number of esters is 1. The molecule has 13 heteroatoms. The van der Waals surface area contributed by atoms with Crippen LogP contribution in [0.3, 0.4) is 0 Å². The molecule has 11 nitrogen and oxygen atoms in total. The van der Waals surface area contributed by atoms with Gasteiger partial charge in [0.1, 0.15) is 22.9 Å². The average molecular weight is 723 g/mol. The predicted octanol–water partition coefficient (Wildman–Crippen LogP) is 7.28. The van der Waals surface area contributed by atoms with E-state index in [1.807, 2.05) is 6.07 Å². The highest BCUT2D eigenvalue weighted by atomic mass is 79.9. The molecule has 1 amide bonds. The fourth-order valence-electron chi connectivity index (χ4n) is 4.98. The normalized spacial score (nSPS) is 11.0. The number of hydrazone groups is 1. The Balaban J connectivity index is 1.47. The molecular weight excluding hydrogens is 694 g/mol. The lowest BCUT2D eigenvalue weighted by Crippen LogP contribution is -2.19. The van der Waals surface area contributed by atoms with E-state index in [0.717, 1.165) is 0 Å². The minimum absolute atomic E-state index is 0.162. The molecule has 47 heavy (non-hydrogen) atoms. The predicted molar refractivity (Wildman–Crippen MR) is 182 cm³/mol. The largest absolute Gasteiger partial charge is 0.496 e. The Morgan fingerprint density at radius 1 is 0.809 bits per heavy atom. The van der Waals surface area contributed by atoms with Crippen molar-refractivity contribution in [2.75, 3.05) is 35.5 Å². The highest BCUT2D eigenvalue weighted by Gasteiger charge is 2.25. The van der Waals surface area contributed by atoms with Crippen LogP contribution in [0.15, 0.2) is 76.3 Å². The molecular formula is C34H29BrClN3O8. The van der Waals surface area contributed by atoms with Gasteiger partial charge < -0.3 is 33.4 Å². The van der Waals surface area contributed by atoms with Crippen molar-refractivity contribution in [3.05, 3.63) is 93.0 Å². The number of H-pyrrole nitrogens is 1. The SMILES string of the molecule is COc1cc(C(=O)Oc2ccc(Br)cc2C=NNC(=O)c2[nH]c3c(OC)ccc(OC)c3c2-c2ccccc2Cl)cc(OC)c1OC. The molecule has 2 N–H and O–H groups in total. The van der Waals surface area contributed by atoms with Crippen LogP contribution < -0.4 is 33.8 Å². The molecule has 242 valence electrons. The Bertz CT molecular complexity index is 1980. The van der Waals surface area contributed by atoms with Gasteiger partial charge in [-0.3, -0.25) is 4.79 Å². The van der Waals surface area contributed by atoms with Crippen LogP contribution in [0, 0.1) is 0 Å². The van der Waals surface area contributed by atoms with E-state index in [1.165, 1.54) is 46.8 Å². The molecule has 0 aliphatic heterocycles. The second kappa shape index (κ2) is 14.5. The third kappa shape index (κ3) is 6.69. The first-order valence-electron chi connectivity index (χ1n) is 13.9. The summed E-state index contributed by atoms with van der Waals surface area (Å²) in [5.41, 5.74) is 4.96. The van der Waals surface area contributed by atoms with Crippen LogP contribution in [0.25, 0.3) is 22.0 Å². The molecule has 0 saturated carbocycles. The number of carbonyl (C=O) groups is 2. The van der Waals surface area contributed by atoms with Crippen LogP contribution in [-0.4, -0.2) is 58.6 Å². The minimum Gasteiger partial charge on any atom is -0.496 e. The van der Waals surface area contributed by atoms with Gasteiger partial charge in [0.05, 0.1) is 58.2 Å². The molecule has 0 unspecified atom stereocenters. The molecule has 5 rings (SSSR count). The topological polar surface area (TPSA) is 130 Å². The summed E-state index contributed by atoms with van der Waals surface area (Å²) >= 11 is 10.0. The third-order valence-corrected chi connectivity index (χ3v) is 7.96. The van der Waals surface area contributed by atoms with Gasteiger partial charge >= 0.3 is 5.97 Å². The zero-order chi connectivity index (χ0) is 33.7. The molecule has 0 aliphatic rings. The molecule has 0 fully saturated rings. The molecule has 0 atom stereocenters. The zero-order valence-electron chi connectivity index (χ0n) is 25.9. The maximum Gasteiger partial charge on any atom is 0.343 e. The summed E-state index contributed by atoms with van der Waals surface area (Å²) in [5.74, 6) is 0.875. The van der Waals surface area contributed by atoms with Gasteiger partial charge in [-0.1, -0.05) is 45.7 Å². The van der Waals surface area contributed by atoms with Crippen molar-refractivity contribution in [2.24, 2.45) is 5.10 Å². The molecule has 5 aromatic rings. The number of methoxy groups -OCH3 is 5. The number of benzene rings is 4. The van der Waals surface area contributed by atoms with Gasteiger partial charge in [0.2, 0.25) is 5.75 Å². The summed E-state index contributed by atoms with van der Waals surface area (Å²) in [5, 5.41) is 5.23. The van der Waals surface area contributed by atoms with Crippen LogP contribution in [0.2, 0.25) is 5.02 Å². The van der Waals surface area contributed by atoms with E-state index >= 15 is 0 Å². The van der Waals surface area contributed by atoms with Gasteiger partial charge in [-0.15, -0.1) is 0 Å². The Kier molecular flexibility index (Phi) is 10.2. The van der Waals surface area contributed by atoms with E-state index in [2.05, 4.69) is 31.4 Å². The molecule has 1 heterocycles. The van der Waals surface area contributed by atoms with E-state index in [0.29, 0.717) is 65.8 Å².